The Morgan fingerprint density at radius 2 is 1.80 bits per heavy atom. The van der Waals surface area contributed by atoms with Gasteiger partial charge in [-0.05, 0) is 42.0 Å². The van der Waals surface area contributed by atoms with Crippen LogP contribution in [0.1, 0.15) is 15.9 Å². The van der Waals surface area contributed by atoms with Crippen molar-refractivity contribution in [1.82, 2.24) is 10.9 Å². The molecule has 0 bridgehead atoms. The number of hydrogen-bond donors (Lipinski definition) is 2. The summed E-state index contributed by atoms with van der Waals surface area (Å²) in [6.07, 6.45) is 2.76. The zero-order chi connectivity index (χ0) is 17.8. The first-order valence-electron chi connectivity index (χ1n) is 7.16. The number of hydrazine groups is 1. The van der Waals surface area contributed by atoms with Gasteiger partial charge in [0.2, 0.25) is 6.79 Å². The Kier molecular flexibility index (Phi) is 5.11. The highest BCUT2D eigenvalue weighted by Gasteiger charge is 2.16. The molecule has 0 unspecified atom stereocenters. The second kappa shape index (κ2) is 7.46. The van der Waals surface area contributed by atoms with E-state index in [2.05, 4.69) is 10.9 Å². The summed E-state index contributed by atoms with van der Waals surface area (Å²) in [5, 5.41) is 0.920. The fourth-order valence-electron chi connectivity index (χ4n) is 2.07. The van der Waals surface area contributed by atoms with E-state index >= 15 is 0 Å². The first kappa shape index (κ1) is 17.1. The lowest BCUT2D eigenvalue weighted by Gasteiger charge is -2.06. The summed E-state index contributed by atoms with van der Waals surface area (Å²) >= 11 is 11.8. The number of rotatable bonds is 3. The maximum Gasteiger partial charge on any atom is 0.269 e. The van der Waals surface area contributed by atoms with Gasteiger partial charge in [-0.1, -0.05) is 29.3 Å². The lowest BCUT2D eigenvalue weighted by molar-refractivity contribution is -0.117. The fraction of sp³-hybridized carbons (Fsp3) is 0.0588. The van der Waals surface area contributed by atoms with Gasteiger partial charge in [-0.25, -0.2) is 0 Å². The molecule has 8 heteroatoms. The minimum Gasteiger partial charge on any atom is -0.454 e. The summed E-state index contributed by atoms with van der Waals surface area (Å²) in [6.45, 7) is 0.120. The molecule has 1 aliphatic rings. The first-order chi connectivity index (χ1) is 12.0. The van der Waals surface area contributed by atoms with Crippen LogP contribution in [0.3, 0.4) is 0 Å². The van der Waals surface area contributed by atoms with Crippen molar-refractivity contribution >= 4 is 41.1 Å². The van der Waals surface area contributed by atoms with Gasteiger partial charge in [0, 0.05) is 21.7 Å². The van der Waals surface area contributed by atoms with E-state index in [9.17, 15) is 9.59 Å². The van der Waals surface area contributed by atoms with Crippen LogP contribution < -0.4 is 20.3 Å². The van der Waals surface area contributed by atoms with Gasteiger partial charge in [-0.15, -0.1) is 0 Å². The van der Waals surface area contributed by atoms with Gasteiger partial charge in [0.25, 0.3) is 11.8 Å². The summed E-state index contributed by atoms with van der Waals surface area (Å²) in [7, 11) is 0. The predicted octanol–water partition coefficient (Wildman–Crippen LogP) is 3.20. The van der Waals surface area contributed by atoms with E-state index in [-0.39, 0.29) is 6.79 Å². The molecule has 0 radical (unpaired) electrons. The van der Waals surface area contributed by atoms with Crippen LogP contribution in [0.5, 0.6) is 11.5 Å². The molecule has 0 spiro atoms. The number of benzene rings is 2. The second-order valence-corrected chi connectivity index (χ2v) is 5.85. The Balaban J connectivity index is 1.56. The number of halogens is 2. The van der Waals surface area contributed by atoms with Crippen molar-refractivity contribution in [2.75, 3.05) is 6.79 Å². The molecule has 1 heterocycles. The lowest BCUT2D eigenvalue weighted by atomic mass is 10.2. The summed E-state index contributed by atoms with van der Waals surface area (Å²) in [5.74, 6) is 0.0595. The van der Waals surface area contributed by atoms with Gasteiger partial charge in [0.05, 0.1) is 0 Å². The number of amides is 2. The summed E-state index contributed by atoms with van der Waals surface area (Å²) in [5.41, 5.74) is 5.55. The summed E-state index contributed by atoms with van der Waals surface area (Å²) in [4.78, 5) is 23.8. The molecule has 0 aliphatic carbocycles. The van der Waals surface area contributed by atoms with E-state index in [4.69, 9.17) is 32.7 Å². The van der Waals surface area contributed by atoms with Crippen LogP contribution in [-0.2, 0) is 4.79 Å². The zero-order valence-corrected chi connectivity index (χ0v) is 14.2. The van der Waals surface area contributed by atoms with E-state index in [0.29, 0.717) is 32.7 Å². The average molecular weight is 379 g/mol. The maximum absolute atomic E-state index is 12.0. The predicted molar refractivity (Wildman–Crippen MR) is 93.7 cm³/mol. The Hall–Kier alpha value is -2.70. The van der Waals surface area contributed by atoms with Crippen molar-refractivity contribution in [1.29, 1.82) is 0 Å². The highest BCUT2D eigenvalue weighted by molar-refractivity contribution is 6.35. The van der Waals surface area contributed by atoms with Crippen LogP contribution in [-0.4, -0.2) is 18.6 Å². The van der Waals surface area contributed by atoms with Gasteiger partial charge >= 0.3 is 0 Å². The van der Waals surface area contributed by atoms with E-state index in [1.165, 1.54) is 18.2 Å². The highest BCUT2D eigenvalue weighted by atomic mass is 35.5. The largest absolute Gasteiger partial charge is 0.454 e. The molecule has 0 saturated heterocycles. The molecule has 128 valence electrons. The van der Waals surface area contributed by atoms with Crippen LogP contribution in [0.25, 0.3) is 6.08 Å². The second-order valence-electron chi connectivity index (χ2n) is 5.01. The van der Waals surface area contributed by atoms with Crippen LogP contribution in [0.2, 0.25) is 10.0 Å². The van der Waals surface area contributed by atoms with Gasteiger partial charge in [-0.2, -0.15) is 0 Å². The Morgan fingerprint density at radius 3 is 2.60 bits per heavy atom. The smallest absolute Gasteiger partial charge is 0.269 e. The quantitative estimate of drug-likeness (QED) is 0.635. The number of fused-ring (bicyclic) bond motifs is 1. The van der Waals surface area contributed by atoms with Gasteiger partial charge in [0.1, 0.15) is 0 Å². The Labute approximate surface area is 153 Å². The van der Waals surface area contributed by atoms with E-state index in [1.54, 1.807) is 30.3 Å². The van der Waals surface area contributed by atoms with Crippen molar-refractivity contribution in [2.24, 2.45) is 0 Å². The third kappa shape index (κ3) is 4.23. The monoisotopic (exact) mass is 378 g/mol. The van der Waals surface area contributed by atoms with Gasteiger partial charge < -0.3 is 9.47 Å². The fourth-order valence-corrected chi connectivity index (χ4v) is 2.54. The molecule has 1 aliphatic heterocycles. The third-order valence-electron chi connectivity index (χ3n) is 3.31. The minimum atomic E-state index is -0.514. The zero-order valence-electron chi connectivity index (χ0n) is 12.7. The molecule has 2 N–H and O–H groups in total. The lowest BCUT2D eigenvalue weighted by Crippen LogP contribution is -2.40. The van der Waals surface area contributed by atoms with Gasteiger partial charge in [0.15, 0.2) is 11.5 Å². The minimum absolute atomic E-state index is 0.120. The first-order valence-corrected chi connectivity index (χ1v) is 7.91. The van der Waals surface area contributed by atoms with Crippen LogP contribution in [0.4, 0.5) is 0 Å². The van der Waals surface area contributed by atoms with Crippen LogP contribution in [0.15, 0.2) is 42.5 Å². The number of hydrogen-bond acceptors (Lipinski definition) is 4. The molecule has 2 aromatic carbocycles. The number of carbonyl (C=O) groups is 2. The molecule has 0 atom stereocenters. The van der Waals surface area contributed by atoms with Crippen LogP contribution >= 0.6 is 23.2 Å². The van der Waals surface area contributed by atoms with Crippen molar-refractivity contribution in [3.05, 3.63) is 63.6 Å². The Morgan fingerprint density at radius 1 is 1.00 bits per heavy atom. The average Bonchev–Trinajstić information content (AvgIpc) is 3.06. The molecule has 0 fully saturated rings. The highest BCUT2D eigenvalue weighted by Crippen LogP contribution is 2.32. The molecule has 0 saturated carbocycles. The maximum atomic E-state index is 12.0. The number of nitrogens with one attached hydrogen (secondary N) is 2. The van der Waals surface area contributed by atoms with Crippen molar-refractivity contribution < 1.29 is 19.1 Å². The SMILES string of the molecule is O=C(/C=C/c1ccc(Cl)cc1Cl)NNC(=O)c1ccc2c(c1)OCO2. The standard InChI is InChI=1S/C17H12Cl2N2O4/c18-12-4-1-10(13(19)8-12)3-6-16(22)20-21-17(23)11-2-5-14-15(7-11)25-9-24-14/h1-8H,9H2,(H,20,22)(H,21,23)/b6-3+. The molecule has 2 amide bonds. The van der Waals surface area contributed by atoms with E-state index < -0.39 is 11.8 Å². The molecular weight excluding hydrogens is 367 g/mol. The van der Waals surface area contributed by atoms with Crippen LogP contribution in [0, 0.1) is 0 Å². The molecular formula is C17H12Cl2N2O4. The Bertz CT molecular complexity index is 868. The topological polar surface area (TPSA) is 76.7 Å². The molecule has 25 heavy (non-hydrogen) atoms. The van der Waals surface area contributed by atoms with E-state index in [0.717, 1.165) is 0 Å². The number of carbonyl (C=O) groups excluding carboxylic acids is 2. The molecule has 3 rings (SSSR count). The van der Waals surface area contributed by atoms with Crippen molar-refractivity contribution in [3.8, 4) is 11.5 Å². The normalized spacial score (nSPS) is 12.2. The summed E-state index contributed by atoms with van der Waals surface area (Å²) < 4.78 is 10.4. The summed E-state index contributed by atoms with van der Waals surface area (Å²) in [6, 6.07) is 9.64. The molecule has 0 aromatic heterocycles. The van der Waals surface area contributed by atoms with Gasteiger partial charge in [-0.3, -0.25) is 20.4 Å². The van der Waals surface area contributed by atoms with E-state index in [1.807, 2.05) is 0 Å². The third-order valence-corrected chi connectivity index (χ3v) is 3.87. The number of ether oxygens (including phenoxy) is 2. The van der Waals surface area contributed by atoms with Crippen molar-refractivity contribution in [2.45, 2.75) is 0 Å². The molecule has 2 aromatic rings. The molecule has 6 nitrogen and oxygen atoms in total. The van der Waals surface area contributed by atoms with Crippen molar-refractivity contribution in [3.63, 3.8) is 0 Å².